The Morgan fingerprint density at radius 1 is 1.13 bits per heavy atom. The number of benzene rings is 1. The average Bonchev–Trinajstić information content (AvgIpc) is 3.58. The minimum atomic E-state index is -0.584. The molecule has 1 atom stereocenters. The van der Waals surface area contributed by atoms with Gasteiger partial charge in [-0.25, -0.2) is 14.6 Å². The van der Waals surface area contributed by atoms with Gasteiger partial charge in [-0.2, -0.15) is 5.10 Å². The minimum Gasteiger partial charge on any atom is -0.378 e. The van der Waals surface area contributed by atoms with E-state index in [-0.39, 0.29) is 6.10 Å². The largest absolute Gasteiger partial charge is 0.378 e. The third kappa shape index (κ3) is 4.89. The molecule has 0 amide bonds. The van der Waals surface area contributed by atoms with E-state index in [2.05, 4.69) is 46.3 Å². The molecule has 38 heavy (non-hydrogen) atoms. The maximum atomic E-state index is 6.27. The van der Waals surface area contributed by atoms with Crippen molar-refractivity contribution in [3.05, 3.63) is 76.8 Å². The molecule has 2 saturated heterocycles. The van der Waals surface area contributed by atoms with Crippen LogP contribution in [-0.2, 0) is 26.4 Å². The molecule has 6 rings (SSSR count). The first-order chi connectivity index (χ1) is 18.5. The van der Waals surface area contributed by atoms with Crippen molar-refractivity contribution < 1.29 is 14.2 Å². The van der Waals surface area contributed by atoms with Crippen LogP contribution in [0.3, 0.4) is 0 Å². The lowest BCUT2D eigenvalue weighted by Crippen LogP contribution is -2.38. The molecule has 198 valence electrons. The van der Waals surface area contributed by atoms with Gasteiger partial charge in [-0.15, -0.1) is 0 Å². The molecule has 5 heterocycles. The minimum absolute atomic E-state index is 0.244. The van der Waals surface area contributed by atoms with Crippen LogP contribution in [0.15, 0.2) is 54.7 Å². The number of hydrogen-bond donors (Lipinski definition) is 0. The molecule has 9 heteroatoms. The number of hydrogen-bond acceptors (Lipinski definition) is 7. The maximum absolute atomic E-state index is 6.27. The SMILES string of the molecule is COC1(c2cc(N3CCC(OCc4ccccc4)CC3)cc(-n3nc(C)c4cnc(Cl)cc43)n2)CCOC1. The Labute approximate surface area is 227 Å². The van der Waals surface area contributed by atoms with Crippen molar-refractivity contribution in [3.63, 3.8) is 0 Å². The number of anilines is 1. The molecule has 3 aromatic heterocycles. The van der Waals surface area contributed by atoms with Crippen molar-refractivity contribution in [2.75, 3.05) is 38.3 Å². The van der Waals surface area contributed by atoms with E-state index >= 15 is 0 Å². The molecule has 0 radical (unpaired) electrons. The normalized spacial score (nSPS) is 20.4. The van der Waals surface area contributed by atoms with Gasteiger partial charge in [0.1, 0.15) is 10.8 Å². The maximum Gasteiger partial charge on any atom is 0.156 e. The second-order valence-electron chi connectivity index (χ2n) is 10.1. The fourth-order valence-corrected chi connectivity index (χ4v) is 5.57. The van der Waals surface area contributed by atoms with Gasteiger partial charge in [-0.05, 0) is 31.4 Å². The van der Waals surface area contributed by atoms with Gasteiger partial charge in [-0.1, -0.05) is 41.9 Å². The van der Waals surface area contributed by atoms with Crippen LogP contribution in [-0.4, -0.2) is 59.3 Å². The summed E-state index contributed by atoms with van der Waals surface area (Å²) < 4.78 is 19.9. The number of fused-ring (bicyclic) bond motifs is 1. The van der Waals surface area contributed by atoms with Crippen LogP contribution in [0.2, 0.25) is 5.15 Å². The summed E-state index contributed by atoms with van der Waals surface area (Å²) in [6.45, 7) is 5.53. The number of rotatable bonds is 7. The highest BCUT2D eigenvalue weighted by molar-refractivity contribution is 6.30. The van der Waals surface area contributed by atoms with Crippen LogP contribution >= 0.6 is 11.6 Å². The molecule has 0 N–H and O–H groups in total. The molecule has 0 aliphatic carbocycles. The molecule has 2 aliphatic heterocycles. The van der Waals surface area contributed by atoms with E-state index in [0.29, 0.717) is 25.0 Å². The van der Waals surface area contributed by atoms with Crippen LogP contribution < -0.4 is 4.90 Å². The number of pyridine rings is 2. The number of aryl methyl sites for hydroxylation is 1. The summed E-state index contributed by atoms with van der Waals surface area (Å²) in [6.07, 6.45) is 4.69. The highest BCUT2D eigenvalue weighted by atomic mass is 35.5. The van der Waals surface area contributed by atoms with E-state index in [1.807, 2.05) is 23.7 Å². The smallest absolute Gasteiger partial charge is 0.156 e. The number of halogens is 1. The molecule has 0 bridgehead atoms. The second-order valence-corrected chi connectivity index (χ2v) is 10.5. The number of ether oxygens (including phenoxy) is 3. The Kier molecular flexibility index (Phi) is 7.05. The summed E-state index contributed by atoms with van der Waals surface area (Å²) in [7, 11) is 1.73. The first-order valence-electron chi connectivity index (χ1n) is 13.1. The Balaban J connectivity index is 1.31. The number of aromatic nitrogens is 4. The van der Waals surface area contributed by atoms with E-state index in [1.165, 1.54) is 5.56 Å². The van der Waals surface area contributed by atoms with E-state index in [9.17, 15) is 0 Å². The summed E-state index contributed by atoms with van der Waals surface area (Å²) in [4.78, 5) is 11.7. The summed E-state index contributed by atoms with van der Waals surface area (Å²) in [5.41, 5.74) is 4.32. The Bertz CT molecular complexity index is 1410. The van der Waals surface area contributed by atoms with Crippen molar-refractivity contribution in [2.24, 2.45) is 0 Å². The van der Waals surface area contributed by atoms with E-state index in [4.69, 9.17) is 35.9 Å². The first-order valence-corrected chi connectivity index (χ1v) is 13.5. The molecular formula is C29H32ClN5O3. The van der Waals surface area contributed by atoms with Crippen LogP contribution in [0.1, 0.15) is 36.2 Å². The number of methoxy groups -OCH3 is 1. The van der Waals surface area contributed by atoms with Crippen molar-refractivity contribution in [2.45, 2.75) is 44.5 Å². The lowest BCUT2D eigenvalue weighted by molar-refractivity contribution is -0.0246. The molecule has 1 unspecified atom stereocenters. The zero-order chi connectivity index (χ0) is 26.1. The summed E-state index contributed by atoms with van der Waals surface area (Å²) in [5, 5.41) is 6.18. The topological polar surface area (TPSA) is 74.5 Å². The second kappa shape index (κ2) is 10.6. The van der Waals surface area contributed by atoms with Gasteiger partial charge in [0.15, 0.2) is 5.82 Å². The van der Waals surface area contributed by atoms with Crippen molar-refractivity contribution in [3.8, 4) is 5.82 Å². The molecule has 1 aromatic carbocycles. The molecule has 0 spiro atoms. The van der Waals surface area contributed by atoms with Crippen LogP contribution in [0.5, 0.6) is 0 Å². The quantitative estimate of drug-likeness (QED) is 0.301. The standard InChI is InChI=1S/C29H32ClN5O3/c1-20-24-17-31-27(30)16-25(24)35(33-20)28-15-22(14-26(32-28)29(36-2)10-13-37-19-29)34-11-8-23(9-12-34)38-18-21-6-4-3-5-7-21/h3-7,14-17,23H,8-13,18-19H2,1-2H3. The fourth-order valence-electron chi connectivity index (χ4n) is 5.42. The van der Waals surface area contributed by atoms with Gasteiger partial charge in [0.25, 0.3) is 0 Å². The number of piperidine rings is 1. The summed E-state index contributed by atoms with van der Waals surface area (Å²) >= 11 is 6.27. The molecule has 4 aromatic rings. The van der Waals surface area contributed by atoms with Gasteiger partial charge in [0.2, 0.25) is 0 Å². The molecule has 2 aliphatic rings. The van der Waals surface area contributed by atoms with Gasteiger partial charge in [0.05, 0.1) is 36.2 Å². The van der Waals surface area contributed by atoms with Gasteiger partial charge in [-0.3, -0.25) is 0 Å². The monoisotopic (exact) mass is 533 g/mol. The van der Waals surface area contributed by atoms with Crippen molar-refractivity contribution in [1.29, 1.82) is 0 Å². The molecule has 2 fully saturated rings. The average molecular weight is 534 g/mol. The molecular weight excluding hydrogens is 502 g/mol. The predicted octanol–water partition coefficient (Wildman–Crippen LogP) is 5.22. The molecule has 8 nitrogen and oxygen atoms in total. The Morgan fingerprint density at radius 3 is 2.68 bits per heavy atom. The van der Waals surface area contributed by atoms with E-state index in [1.54, 1.807) is 13.3 Å². The zero-order valence-electron chi connectivity index (χ0n) is 21.8. The van der Waals surface area contributed by atoms with Crippen LogP contribution in [0.25, 0.3) is 16.7 Å². The lowest BCUT2D eigenvalue weighted by atomic mass is 9.97. The summed E-state index contributed by atoms with van der Waals surface area (Å²) in [5.74, 6) is 0.726. The van der Waals surface area contributed by atoms with E-state index < -0.39 is 5.60 Å². The number of nitrogens with zero attached hydrogens (tertiary/aromatic N) is 5. The van der Waals surface area contributed by atoms with Gasteiger partial charge < -0.3 is 19.1 Å². The van der Waals surface area contributed by atoms with Crippen molar-refractivity contribution in [1.82, 2.24) is 19.7 Å². The van der Waals surface area contributed by atoms with Crippen molar-refractivity contribution >= 4 is 28.2 Å². The fraction of sp³-hybridized carbons (Fsp3) is 0.414. The van der Waals surface area contributed by atoms with Crippen LogP contribution in [0.4, 0.5) is 5.69 Å². The van der Waals surface area contributed by atoms with Gasteiger partial charge >= 0.3 is 0 Å². The first kappa shape index (κ1) is 25.2. The third-order valence-corrected chi connectivity index (χ3v) is 7.92. The summed E-state index contributed by atoms with van der Waals surface area (Å²) in [6, 6.07) is 16.4. The highest BCUT2D eigenvalue weighted by Crippen LogP contribution is 2.36. The van der Waals surface area contributed by atoms with Gasteiger partial charge in [0, 0.05) is 62.6 Å². The lowest BCUT2D eigenvalue weighted by Gasteiger charge is -2.35. The Hall–Kier alpha value is -3.04. The Morgan fingerprint density at radius 2 is 1.95 bits per heavy atom. The zero-order valence-corrected chi connectivity index (χ0v) is 22.5. The van der Waals surface area contributed by atoms with Crippen LogP contribution in [0, 0.1) is 6.92 Å². The molecule has 0 saturated carbocycles. The van der Waals surface area contributed by atoms with E-state index in [0.717, 1.165) is 66.1 Å². The highest BCUT2D eigenvalue weighted by Gasteiger charge is 2.39. The predicted molar refractivity (Wildman–Crippen MR) is 147 cm³/mol. The third-order valence-electron chi connectivity index (χ3n) is 7.71.